The normalized spacial score (nSPS) is 10.8. The first kappa shape index (κ1) is 22.9. The standard InChI is InChI=1S/C25H35NO3/c1-3-5-7-12-16-21-22(17-13-8-6-4-2)24(26-23(21)18-27)25(28)29-19-20-14-10-9-11-15-20/h9-11,14-15,18,26H,3-8,12-13,16-17,19H2,1-2H3. The van der Waals surface area contributed by atoms with Gasteiger partial charge in [-0.1, -0.05) is 82.7 Å². The molecule has 0 aliphatic heterocycles. The number of rotatable bonds is 14. The Bertz CT molecular complexity index is 749. The minimum absolute atomic E-state index is 0.232. The zero-order valence-electron chi connectivity index (χ0n) is 18.0. The topological polar surface area (TPSA) is 59.2 Å². The van der Waals surface area contributed by atoms with Gasteiger partial charge in [-0.15, -0.1) is 0 Å². The van der Waals surface area contributed by atoms with Crippen molar-refractivity contribution in [3.05, 3.63) is 58.4 Å². The maximum Gasteiger partial charge on any atom is 0.355 e. The molecule has 0 unspecified atom stereocenters. The van der Waals surface area contributed by atoms with Crippen LogP contribution in [0.4, 0.5) is 0 Å². The largest absolute Gasteiger partial charge is 0.456 e. The van der Waals surface area contributed by atoms with Gasteiger partial charge in [0, 0.05) is 0 Å². The Morgan fingerprint density at radius 3 is 2.10 bits per heavy atom. The van der Waals surface area contributed by atoms with Crippen LogP contribution >= 0.6 is 0 Å². The third-order valence-corrected chi connectivity index (χ3v) is 5.35. The van der Waals surface area contributed by atoms with Gasteiger partial charge in [0.05, 0.1) is 5.69 Å². The second-order valence-corrected chi connectivity index (χ2v) is 7.67. The molecule has 0 radical (unpaired) electrons. The molecule has 4 heteroatoms. The summed E-state index contributed by atoms with van der Waals surface area (Å²) in [7, 11) is 0. The van der Waals surface area contributed by atoms with Gasteiger partial charge >= 0.3 is 5.97 Å². The number of H-pyrrole nitrogens is 1. The van der Waals surface area contributed by atoms with Crippen molar-refractivity contribution in [2.75, 3.05) is 0 Å². The fourth-order valence-electron chi connectivity index (χ4n) is 3.69. The fraction of sp³-hybridized carbons (Fsp3) is 0.520. The van der Waals surface area contributed by atoms with Crippen LogP contribution in [-0.4, -0.2) is 17.2 Å². The van der Waals surface area contributed by atoms with Crippen LogP contribution in [0, 0.1) is 0 Å². The lowest BCUT2D eigenvalue weighted by atomic mass is 9.97. The maximum atomic E-state index is 12.8. The van der Waals surface area contributed by atoms with Crippen LogP contribution in [0.25, 0.3) is 0 Å². The van der Waals surface area contributed by atoms with Crippen LogP contribution in [0.1, 0.15) is 103 Å². The molecule has 2 aromatic rings. The highest BCUT2D eigenvalue weighted by atomic mass is 16.5. The number of aldehydes is 1. The zero-order chi connectivity index (χ0) is 20.9. The maximum absolute atomic E-state index is 12.8. The second-order valence-electron chi connectivity index (χ2n) is 7.67. The molecule has 0 aliphatic rings. The van der Waals surface area contributed by atoms with Crippen LogP contribution in [0.15, 0.2) is 30.3 Å². The summed E-state index contributed by atoms with van der Waals surface area (Å²) in [5.41, 5.74) is 3.95. The van der Waals surface area contributed by atoms with E-state index in [2.05, 4.69) is 18.8 Å². The lowest BCUT2D eigenvalue weighted by molar-refractivity contribution is 0.0465. The van der Waals surface area contributed by atoms with E-state index >= 15 is 0 Å². The Morgan fingerprint density at radius 2 is 1.52 bits per heavy atom. The summed E-state index contributed by atoms with van der Waals surface area (Å²) in [6.07, 6.45) is 11.5. The summed E-state index contributed by atoms with van der Waals surface area (Å²) in [5.74, 6) is -0.373. The van der Waals surface area contributed by atoms with Crippen molar-refractivity contribution in [3.63, 3.8) is 0 Å². The quantitative estimate of drug-likeness (QED) is 0.227. The molecule has 1 aromatic heterocycles. The summed E-state index contributed by atoms with van der Waals surface area (Å²) in [4.78, 5) is 27.6. The molecule has 0 amide bonds. The summed E-state index contributed by atoms with van der Waals surface area (Å²) >= 11 is 0. The first-order valence-corrected chi connectivity index (χ1v) is 11.1. The number of aromatic amines is 1. The summed E-state index contributed by atoms with van der Waals surface area (Å²) in [6.45, 7) is 4.61. The number of hydrogen-bond donors (Lipinski definition) is 1. The van der Waals surface area contributed by atoms with Crippen LogP contribution in [0.5, 0.6) is 0 Å². The van der Waals surface area contributed by atoms with Crippen molar-refractivity contribution >= 4 is 12.3 Å². The van der Waals surface area contributed by atoms with E-state index in [0.29, 0.717) is 11.4 Å². The van der Waals surface area contributed by atoms with Gasteiger partial charge in [0.2, 0.25) is 0 Å². The van der Waals surface area contributed by atoms with Gasteiger partial charge in [0.1, 0.15) is 12.3 Å². The molecule has 0 atom stereocenters. The number of unbranched alkanes of at least 4 members (excludes halogenated alkanes) is 6. The van der Waals surface area contributed by atoms with Crippen molar-refractivity contribution in [1.82, 2.24) is 4.98 Å². The van der Waals surface area contributed by atoms with Gasteiger partial charge in [-0.05, 0) is 42.4 Å². The minimum Gasteiger partial charge on any atom is -0.456 e. The first-order chi connectivity index (χ1) is 14.2. The van der Waals surface area contributed by atoms with E-state index in [4.69, 9.17) is 4.74 Å². The van der Waals surface area contributed by atoms with E-state index in [1.54, 1.807) is 0 Å². The van der Waals surface area contributed by atoms with Gasteiger partial charge in [-0.3, -0.25) is 4.79 Å². The number of carbonyl (C=O) groups is 2. The molecular weight excluding hydrogens is 362 g/mol. The van der Waals surface area contributed by atoms with Crippen LogP contribution in [0.2, 0.25) is 0 Å². The summed E-state index contributed by atoms with van der Waals surface area (Å²) in [5, 5.41) is 0. The zero-order valence-corrected chi connectivity index (χ0v) is 18.0. The van der Waals surface area contributed by atoms with Crippen molar-refractivity contribution in [3.8, 4) is 0 Å². The molecule has 1 heterocycles. The van der Waals surface area contributed by atoms with E-state index < -0.39 is 0 Å². The molecule has 0 aliphatic carbocycles. The smallest absolute Gasteiger partial charge is 0.355 e. The molecule has 0 bridgehead atoms. The number of carbonyl (C=O) groups excluding carboxylic acids is 2. The van der Waals surface area contributed by atoms with Crippen molar-refractivity contribution < 1.29 is 14.3 Å². The predicted molar refractivity (Wildman–Crippen MR) is 117 cm³/mol. The summed E-state index contributed by atoms with van der Waals surface area (Å²) in [6, 6.07) is 9.66. The lowest BCUT2D eigenvalue weighted by Crippen LogP contribution is -2.09. The fourth-order valence-corrected chi connectivity index (χ4v) is 3.69. The molecule has 0 spiro atoms. The number of aromatic nitrogens is 1. The van der Waals surface area contributed by atoms with Gasteiger partial charge in [0.25, 0.3) is 0 Å². The van der Waals surface area contributed by atoms with Crippen LogP contribution < -0.4 is 0 Å². The Labute approximate surface area is 175 Å². The highest BCUT2D eigenvalue weighted by Gasteiger charge is 2.22. The minimum atomic E-state index is -0.373. The predicted octanol–water partition coefficient (Wildman–Crippen LogP) is 6.43. The van der Waals surface area contributed by atoms with E-state index in [-0.39, 0.29) is 12.6 Å². The molecule has 1 N–H and O–H groups in total. The molecule has 29 heavy (non-hydrogen) atoms. The Morgan fingerprint density at radius 1 is 0.897 bits per heavy atom. The second kappa shape index (κ2) is 13.0. The van der Waals surface area contributed by atoms with E-state index in [0.717, 1.165) is 61.5 Å². The van der Waals surface area contributed by atoms with Crippen molar-refractivity contribution in [2.45, 2.75) is 84.7 Å². The van der Waals surface area contributed by atoms with Crippen LogP contribution in [0.3, 0.4) is 0 Å². The van der Waals surface area contributed by atoms with Gasteiger partial charge in [0.15, 0.2) is 6.29 Å². The first-order valence-electron chi connectivity index (χ1n) is 11.1. The van der Waals surface area contributed by atoms with Gasteiger partial charge in [-0.2, -0.15) is 0 Å². The van der Waals surface area contributed by atoms with E-state index in [1.807, 2.05) is 30.3 Å². The van der Waals surface area contributed by atoms with E-state index in [9.17, 15) is 9.59 Å². The Balaban J connectivity index is 2.16. The SMILES string of the molecule is CCCCCCc1c(C=O)[nH]c(C(=O)OCc2ccccc2)c1CCCCCC. The third-order valence-electron chi connectivity index (χ3n) is 5.35. The molecule has 4 nitrogen and oxygen atoms in total. The number of benzene rings is 1. The van der Waals surface area contributed by atoms with Crippen molar-refractivity contribution in [2.24, 2.45) is 0 Å². The number of ether oxygens (including phenoxy) is 1. The number of esters is 1. The van der Waals surface area contributed by atoms with E-state index in [1.165, 1.54) is 25.7 Å². The molecule has 0 saturated carbocycles. The Kier molecular flexibility index (Phi) is 10.3. The molecule has 0 fully saturated rings. The third kappa shape index (κ3) is 7.19. The lowest BCUT2D eigenvalue weighted by Gasteiger charge is -2.09. The molecule has 0 saturated heterocycles. The average molecular weight is 398 g/mol. The van der Waals surface area contributed by atoms with Gasteiger partial charge in [-0.25, -0.2) is 4.79 Å². The van der Waals surface area contributed by atoms with Gasteiger partial charge < -0.3 is 9.72 Å². The van der Waals surface area contributed by atoms with Crippen molar-refractivity contribution in [1.29, 1.82) is 0 Å². The number of hydrogen-bond acceptors (Lipinski definition) is 3. The Hall–Kier alpha value is -2.36. The highest BCUT2D eigenvalue weighted by molar-refractivity contribution is 5.92. The summed E-state index contributed by atoms with van der Waals surface area (Å²) < 4.78 is 5.55. The monoisotopic (exact) mass is 397 g/mol. The van der Waals surface area contributed by atoms with Crippen LogP contribution in [-0.2, 0) is 24.2 Å². The highest BCUT2D eigenvalue weighted by Crippen LogP contribution is 2.25. The molecule has 2 rings (SSSR count). The molecule has 1 aromatic carbocycles. The number of nitrogens with one attached hydrogen (secondary N) is 1. The molecule has 158 valence electrons. The average Bonchev–Trinajstić information content (AvgIpc) is 3.11. The molecular formula is C25H35NO3.